The highest BCUT2D eigenvalue weighted by Gasteiger charge is 2.12. The van der Waals surface area contributed by atoms with Gasteiger partial charge in [-0.05, 0) is 64.3 Å². The zero-order chi connectivity index (χ0) is 18.4. The Morgan fingerprint density at radius 2 is 1.92 bits per heavy atom. The molecule has 0 aromatic heterocycles. The second-order valence-corrected chi connectivity index (χ2v) is 6.43. The molecule has 25 heavy (non-hydrogen) atoms. The number of carbonyl (C=O) groups excluding carboxylic acids is 2. The fraction of sp³-hybridized carbons (Fsp3) is 0.176. The second-order valence-electron chi connectivity index (χ2n) is 5.17. The third kappa shape index (κ3) is 5.14. The van der Waals surface area contributed by atoms with E-state index in [1.54, 1.807) is 31.4 Å². The molecule has 0 spiro atoms. The van der Waals surface area contributed by atoms with E-state index in [0.29, 0.717) is 24.2 Å². The topological polar surface area (TPSA) is 84.7 Å². The molecule has 0 bridgehead atoms. The van der Waals surface area contributed by atoms with Crippen LogP contribution in [0.2, 0.25) is 0 Å². The number of methoxy groups -OCH3 is 1. The Morgan fingerprint density at radius 3 is 2.48 bits per heavy atom. The number of nitrogens with one attached hydrogen (secondary N) is 1. The number of nitrogens with zero attached hydrogens (tertiary/aromatic N) is 1. The molecule has 0 saturated heterocycles. The molecule has 0 saturated carbocycles. The number of amides is 3. The lowest BCUT2D eigenvalue weighted by atomic mass is 10.1. The normalized spacial score (nSPS) is 10.2. The van der Waals surface area contributed by atoms with Crippen LogP contribution in [0.1, 0.15) is 15.9 Å². The van der Waals surface area contributed by atoms with Crippen LogP contribution >= 0.6 is 28.7 Å². The highest BCUT2D eigenvalue weighted by molar-refractivity contribution is 9.10. The zero-order valence-corrected chi connectivity index (χ0v) is 16.0. The Kier molecular flexibility index (Phi) is 6.72. The van der Waals surface area contributed by atoms with Crippen molar-refractivity contribution in [2.75, 3.05) is 18.0 Å². The molecular weight excluding hydrogens is 406 g/mol. The minimum Gasteiger partial charge on any atom is -0.496 e. The van der Waals surface area contributed by atoms with Gasteiger partial charge >= 0.3 is 6.03 Å². The maximum atomic E-state index is 12.1. The van der Waals surface area contributed by atoms with E-state index in [9.17, 15) is 9.59 Å². The van der Waals surface area contributed by atoms with Crippen molar-refractivity contribution < 1.29 is 14.3 Å². The van der Waals surface area contributed by atoms with Crippen LogP contribution in [0.25, 0.3) is 0 Å². The number of rotatable bonds is 6. The molecule has 0 aliphatic carbocycles. The van der Waals surface area contributed by atoms with Crippen LogP contribution in [0.4, 0.5) is 10.5 Å². The quantitative estimate of drug-likeness (QED) is 0.623. The van der Waals surface area contributed by atoms with E-state index < -0.39 is 5.91 Å². The van der Waals surface area contributed by atoms with Gasteiger partial charge in [-0.2, -0.15) is 0 Å². The number of anilines is 1. The van der Waals surface area contributed by atoms with Crippen LogP contribution in [0.15, 0.2) is 46.9 Å². The molecule has 0 atom stereocenters. The molecule has 132 valence electrons. The maximum absolute atomic E-state index is 12.1. The third-order valence-electron chi connectivity index (χ3n) is 3.49. The molecule has 2 aromatic rings. The van der Waals surface area contributed by atoms with Gasteiger partial charge in [-0.25, -0.2) is 9.10 Å². The van der Waals surface area contributed by atoms with Crippen molar-refractivity contribution in [3.63, 3.8) is 0 Å². The van der Waals surface area contributed by atoms with E-state index in [0.717, 1.165) is 15.8 Å². The highest BCUT2D eigenvalue weighted by atomic mass is 79.9. The molecule has 3 N–H and O–H groups in total. The standard InChI is InChI=1S/C17H18BrN3O3S/c1-24-15-7-2-11(10-14(15)18)8-9-20-17(23)21(25)13-5-3-12(4-6-13)16(19)22/h2-7,10,25H,8-9H2,1H3,(H2,19,22)(H,20,23). The number of hydrogen-bond acceptors (Lipinski definition) is 4. The van der Waals surface area contributed by atoms with Crippen molar-refractivity contribution in [3.8, 4) is 5.75 Å². The van der Waals surface area contributed by atoms with Gasteiger partial charge in [0.25, 0.3) is 0 Å². The first-order valence-electron chi connectivity index (χ1n) is 7.41. The number of primary amides is 1. The van der Waals surface area contributed by atoms with Crippen LogP contribution < -0.4 is 20.1 Å². The number of ether oxygens (including phenoxy) is 1. The first-order chi connectivity index (χ1) is 11.9. The number of nitrogens with two attached hydrogens (primary N) is 1. The molecule has 6 nitrogen and oxygen atoms in total. The summed E-state index contributed by atoms with van der Waals surface area (Å²) in [6.45, 7) is 0.452. The highest BCUT2D eigenvalue weighted by Crippen LogP contribution is 2.25. The number of halogens is 1. The largest absolute Gasteiger partial charge is 0.496 e. The first-order valence-corrected chi connectivity index (χ1v) is 8.60. The van der Waals surface area contributed by atoms with Crippen molar-refractivity contribution in [3.05, 3.63) is 58.1 Å². The van der Waals surface area contributed by atoms with E-state index in [1.807, 2.05) is 18.2 Å². The molecule has 8 heteroatoms. The van der Waals surface area contributed by atoms with Gasteiger partial charge in [-0.1, -0.05) is 18.9 Å². The fourth-order valence-corrected chi connectivity index (χ4v) is 2.93. The molecule has 3 amide bonds. The molecule has 0 radical (unpaired) electrons. The van der Waals surface area contributed by atoms with Gasteiger partial charge in [0.1, 0.15) is 5.75 Å². The van der Waals surface area contributed by atoms with Gasteiger partial charge in [-0.15, -0.1) is 0 Å². The van der Waals surface area contributed by atoms with Gasteiger partial charge in [0.2, 0.25) is 5.91 Å². The number of thiol groups is 1. The molecule has 2 aromatic carbocycles. The minimum absolute atomic E-state index is 0.359. The Hall–Kier alpha value is -2.19. The predicted molar refractivity (Wildman–Crippen MR) is 104 cm³/mol. The van der Waals surface area contributed by atoms with Crippen LogP contribution in [0.5, 0.6) is 5.75 Å². The number of urea groups is 1. The Morgan fingerprint density at radius 1 is 1.24 bits per heavy atom. The van der Waals surface area contributed by atoms with E-state index in [4.69, 9.17) is 10.5 Å². The summed E-state index contributed by atoms with van der Waals surface area (Å²) < 4.78 is 7.22. The van der Waals surface area contributed by atoms with Gasteiger partial charge < -0.3 is 15.8 Å². The third-order valence-corrected chi connectivity index (χ3v) is 4.53. The van der Waals surface area contributed by atoms with Crippen LogP contribution in [0, 0.1) is 0 Å². The zero-order valence-electron chi connectivity index (χ0n) is 13.5. The van der Waals surface area contributed by atoms with Crippen molar-refractivity contribution in [2.24, 2.45) is 5.73 Å². The maximum Gasteiger partial charge on any atom is 0.331 e. The van der Waals surface area contributed by atoms with E-state index >= 15 is 0 Å². The monoisotopic (exact) mass is 423 g/mol. The summed E-state index contributed by atoms with van der Waals surface area (Å²) in [5.74, 6) is 0.237. The smallest absolute Gasteiger partial charge is 0.331 e. The lowest BCUT2D eigenvalue weighted by molar-refractivity contribution is 0.100. The summed E-state index contributed by atoms with van der Waals surface area (Å²) in [4.78, 5) is 23.2. The number of hydrogen-bond donors (Lipinski definition) is 3. The lowest BCUT2D eigenvalue weighted by Crippen LogP contribution is -2.35. The summed E-state index contributed by atoms with van der Waals surface area (Å²) >= 11 is 7.62. The SMILES string of the molecule is COc1ccc(CCNC(=O)N(S)c2ccc(C(N)=O)cc2)cc1Br. The molecular formula is C17H18BrN3O3S. The van der Waals surface area contributed by atoms with E-state index in [1.165, 1.54) is 4.31 Å². The molecule has 0 aliphatic heterocycles. The average Bonchev–Trinajstić information content (AvgIpc) is 2.61. The molecule has 0 heterocycles. The molecule has 0 fully saturated rings. The number of benzene rings is 2. The summed E-state index contributed by atoms with van der Waals surface area (Å²) in [6, 6.07) is 11.7. The van der Waals surface area contributed by atoms with Gasteiger partial charge in [0.05, 0.1) is 17.3 Å². The van der Waals surface area contributed by atoms with Crippen molar-refractivity contribution in [2.45, 2.75) is 6.42 Å². The Labute approximate surface area is 160 Å². The Bertz CT molecular complexity index is 768. The van der Waals surface area contributed by atoms with Gasteiger partial charge in [-0.3, -0.25) is 4.79 Å². The van der Waals surface area contributed by atoms with Crippen molar-refractivity contribution in [1.82, 2.24) is 5.32 Å². The van der Waals surface area contributed by atoms with Gasteiger partial charge in [0.15, 0.2) is 0 Å². The minimum atomic E-state index is -0.521. The average molecular weight is 424 g/mol. The van der Waals surface area contributed by atoms with E-state index in [-0.39, 0.29) is 6.03 Å². The summed E-state index contributed by atoms with van der Waals surface area (Å²) in [5, 5.41) is 2.79. The molecule has 0 aliphatic rings. The van der Waals surface area contributed by atoms with Crippen LogP contribution in [-0.2, 0) is 6.42 Å². The fourth-order valence-electron chi connectivity index (χ4n) is 2.14. The second kappa shape index (κ2) is 8.77. The summed E-state index contributed by atoms with van der Waals surface area (Å²) in [6.07, 6.45) is 0.663. The summed E-state index contributed by atoms with van der Waals surface area (Å²) in [7, 11) is 1.61. The Balaban J connectivity index is 1.89. The molecule has 0 unspecified atom stereocenters. The van der Waals surface area contributed by atoms with E-state index in [2.05, 4.69) is 34.1 Å². The molecule has 2 rings (SSSR count). The first kappa shape index (κ1) is 19.1. The van der Waals surface area contributed by atoms with Crippen LogP contribution in [-0.4, -0.2) is 25.6 Å². The summed E-state index contributed by atoms with van der Waals surface area (Å²) in [5.41, 5.74) is 7.16. The van der Waals surface area contributed by atoms with Crippen molar-refractivity contribution in [1.29, 1.82) is 0 Å². The lowest BCUT2D eigenvalue weighted by Gasteiger charge is -2.17. The van der Waals surface area contributed by atoms with Crippen LogP contribution in [0.3, 0.4) is 0 Å². The van der Waals surface area contributed by atoms with Gasteiger partial charge in [0, 0.05) is 12.1 Å². The predicted octanol–water partition coefficient (Wildman–Crippen LogP) is 3.16. The van der Waals surface area contributed by atoms with Crippen molar-refractivity contribution >= 4 is 46.4 Å². The number of carbonyl (C=O) groups is 2.